The molecule has 2 unspecified atom stereocenters. The van der Waals surface area contributed by atoms with Crippen LogP contribution in [0.1, 0.15) is 328 Å². The second-order valence-corrected chi connectivity index (χ2v) is 24.5. The van der Waals surface area contributed by atoms with Crippen molar-refractivity contribution in [2.75, 3.05) is 54.1 Å². The molecule has 0 saturated carbocycles. The van der Waals surface area contributed by atoms with Crippen molar-refractivity contribution in [3.63, 3.8) is 0 Å². The summed E-state index contributed by atoms with van der Waals surface area (Å²) in [5.74, 6) is -0.323. The van der Waals surface area contributed by atoms with Crippen molar-refractivity contribution in [3.8, 4) is 0 Å². The summed E-state index contributed by atoms with van der Waals surface area (Å²) in [6.45, 7) is 5.50. The molecule has 0 amide bonds. The lowest BCUT2D eigenvalue weighted by Crippen LogP contribution is -2.37. The van der Waals surface area contributed by atoms with E-state index in [0.29, 0.717) is 24.1 Å². The lowest BCUT2D eigenvalue weighted by molar-refractivity contribution is -0.870. The molecule has 0 N–H and O–H groups in total. The molecule has 0 aromatic rings. The lowest BCUT2D eigenvalue weighted by Gasteiger charge is -2.28. The van der Waals surface area contributed by atoms with Crippen molar-refractivity contribution in [2.24, 2.45) is 0 Å². The van der Waals surface area contributed by atoms with Crippen molar-refractivity contribution in [1.29, 1.82) is 0 Å². The molecule has 0 spiro atoms. The normalized spacial score (nSPS) is 13.4. The van der Waals surface area contributed by atoms with Crippen molar-refractivity contribution in [2.45, 2.75) is 335 Å². The summed E-state index contributed by atoms with van der Waals surface area (Å²) in [7, 11) is 1.38. The Hall–Kier alpha value is -0.760. The van der Waals surface area contributed by atoms with Crippen LogP contribution in [0.25, 0.3) is 0 Å². The van der Waals surface area contributed by atoms with Crippen LogP contribution >= 0.6 is 7.82 Å². The number of hydrogen-bond acceptors (Lipinski definition) is 7. The maximum absolute atomic E-state index is 12.8. The molecule has 0 aliphatic rings. The first-order chi connectivity index (χ1) is 35.1. The van der Waals surface area contributed by atoms with E-state index >= 15 is 0 Å². The molecule has 0 heterocycles. The number of phosphoric ester groups is 1. The van der Waals surface area contributed by atoms with Crippen LogP contribution in [-0.4, -0.2) is 70.7 Å². The summed E-state index contributed by atoms with van der Waals surface area (Å²) in [5, 5.41) is 0. The zero-order chi connectivity index (χ0) is 52.6. The molecule has 430 valence electrons. The lowest BCUT2D eigenvalue weighted by atomic mass is 10.0. The number of rotatable bonds is 61. The maximum atomic E-state index is 12.8. The molecule has 0 saturated heterocycles. The van der Waals surface area contributed by atoms with Gasteiger partial charge in [0.25, 0.3) is 7.82 Å². The molecule has 0 aromatic heterocycles. The second-order valence-electron chi connectivity index (χ2n) is 23.1. The van der Waals surface area contributed by atoms with Gasteiger partial charge < -0.3 is 27.9 Å². The van der Waals surface area contributed by atoms with Gasteiger partial charge in [-0.25, -0.2) is 0 Å². The van der Waals surface area contributed by atoms with Crippen LogP contribution in [0, 0.1) is 0 Å². The molecule has 0 aliphatic carbocycles. The fourth-order valence-electron chi connectivity index (χ4n) is 9.66. The predicted molar refractivity (Wildman–Crippen MR) is 310 cm³/mol. The third kappa shape index (κ3) is 60.1. The Morgan fingerprint density at radius 3 is 1.06 bits per heavy atom. The molecule has 0 rings (SSSR count). The summed E-state index contributed by atoms with van der Waals surface area (Å²) in [6.07, 6.45) is 68.5. The SMILES string of the molecule is CCCCCCCCCC/C=C\CCCCCCCCCCCCCCCCOCC(COP(=O)([O-])OCC[N+](C)(C)C)OC(=O)CCCCCCCCCCCCCCCCCCCCCCCCCC. The highest BCUT2D eigenvalue weighted by Gasteiger charge is 2.20. The Morgan fingerprint density at radius 2 is 0.722 bits per heavy atom. The summed E-state index contributed by atoms with van der Waals surface area (Å²) in [5.41, 5.74) is 0. The van der Waals surface area contributed by atoms with Gasteiger partial charge in [-0.15, -0.1) is 0 Å². The van der Waals surface area contributed by atoms with Gasteiger partial charge in [0.05, 0.1) is 34.4 Å². The largest absolute Gasteiger partial charge is 0.756 e. The van der Waals surface area contributed by atoms with Gasteiger partial charge in [-0.05, 0) is 38.5 Å². The van der Waals surface area contributed by atoms with Crippen LogP contribution in [-0.2, 0) is 27.9 Å². The van der Waals surface area contributed by atoms with Crippen molar-refractivity contribution in [1.82, 2.24) is 0 Å². The molecule has 0 radical (unpaired) electrons. The molecule has 72 heavy (non-hydrogen) atoms. The Balaban J connectivity index is 3.96. The number of nitrogens with zero attached hydrogens (tertiary/aromatic N) is 1. The fraction of sp³-hybridized carbons (Fsp3) is 0.952. The highest BCUT2D eigenvalue weighted by Crippen LogP contribution is 2.38. The van der Waals surface area contributed by atoms with Gasteiger partial charge in [-0.3, -0.25) is 9.36 Å². The molecular formula is C63H126NO7P. The van der Waals surface area contributed by atoms with E-state index in [2.05, 4.69) is 26.0 Å². The highest BCUT2D eigenvalue weighted by molar-refractivity contribution is 7.45. The van der Waals surface area contributed by atoms with Gasteiger partial charge >= 0.3 is 5.97 Å². The Labute approximate surface area is 450 Å². The van der Waals surface area contributed by atoms with Crippen molar-refractivity contribution < 1.29 is 37.3 Å². The van der Waals surface area contributed by atoms with E-state index in [1.807, 2.05) is 21.1 Å². The maximum Gasteiger partial charge on any atom is 0.306 e. The van der Waals surface area contributed by atoms with Crippen molar-refractivity contribution >= 4 is 13.8 Å². The number of carbonyl (C=O) groups is 1. The molecular weight excluding hydrogens is 914 g/mol. The average Bonchev–Trinajstić information content (AvgIpc) is 3.34. The van der Waals surface area contributed by atoms with Gasteiger partial charge in [0, 0.05) is 13.0 Å². The first-order valence-corrected chi connectivity index (χ1v) is 33.4. The first kappa shape index (κ1) is 71.2. The molecule has 8 nitrogen and oxygen atoms in total. The number of esters is 1. The quantitative estimate of drug-likeness (QED) is 0.0197. The van der Waals surface area contributed by atoms with E-state index in [9.17, 15) is 14.3 Å². The number of phosphoric acid groups is 1. The van der Waals surface area contributed by atoms with Gasteiger partial charge in [0.1, 0.15) is 19.3 Å². The van der Waals surface area contributed by atoms with Crippen LogP contribution in [0.4, 0.5) is 0 Å². The summed E-state index contributed by atoms with van der Waals surface area (Å²) in [6, 6.07) is 0. The minimum absolute atomic E-state index is 0.0306. The molecule has 0 aromatic carbocycles. The van der Waals surface area contributed by atoms with Gasteiger partial charge in [-0.2, -0.15) is 0 Å². The number of hydrogen-bond donors (Lipinski definition) is 0. The van der Waals surface area contributed by atoms with E-state index in [1.54, 1.807) is 0 Å². The Morgan fingerprint density at radius 1 is 0.417 bits per heavy atom. The molecule has 2 atom stereocenters. The van der Waals surface area contributed by atoms with Gasteiger partial charge in [0.2, 0.25) is 0 Å². The Kier molecular flexibility index (Phi) is 55.8. The minimum Gasteiger partial charge on any atom is -0.756 e. The van der Waals surface area contributed by atoms with Crippen LogP contribution in [0.2, 0.25) is 0 Å². The fourth-order valence-corrected chi connectivity index (χ4v) is 10.4. The van der Waals surface area contributed by atoms with E-state index in [0.717, 1.165) is 32.1 Å². The highest BCUT2D eigenvalue weighted by atomic mass is 31.2. The third-order valence-corrected chi connectivity index (χ3v) is 15.5. The van der Waals surface area contributed by atoms with Gasteiger partial charge in [-0.1, -0.05) is 296 Å². The zero-order valence-corrected chi connectivity index (χ0v) is 50.1. The van der Waals surface area contributed by atoms with E-state index < -0.39 is 13.9 Å². The third-order valence-electron chi connectivity index (χ3n) is 14.6. The molecule has 0 fully saturated rings. The second kappa shape index (κ2) is 56.4. The van der Waals surface area contributed by atoms with Gasteiger partial charge in [0.15, 0.2) is 0 Å². The molecule has 0 aliphatic heterocycles. The molecule has 0 bridgehead atoms. The van der Waals surface area contributed by atoms with Crippen LogP contribution < -0.4 is 4.89 Å². The summed E-state index contributed by atoms with van der Waals surface area (Å²) in [4.78, 5) is 25.3. The molecule has 9 heteroatoms. The predicted octanol–water partition coefficient (Wildman–Crippen LogP) is 19.8. The number of ether oxygens (including phenoxy) is 2. The van der Waals surface area contributed by atoms with E-state index in [1.165, 1.54) is 276 Å². The first-order valence-electron chi connectivity index (χ1n) is 31.9. The standard InChI is InChI=1S/C63H126NO7P/c1-6-8-10-12-14-16-18-20-22-24-26-28-30-32-33-35-37-39-41-43-45-47-49-51-53-55-58-68-60-62(61-70-72(66,67)69-59-57-64(3,4)5)71-63(65)56-54-52-50-48-46-44-42-40-38-36-34-31-29-27-25-23-21-19-17-15-13-11-9-7-2/h24,26,62H,6-23,25,27-61H2,1-5H3/b26-24-. The zero-order valence-electron chi connectivity index (χ0n) is 49.2. The number of carbonyl (C=O) groups excluding carboxylic acids is 1. The van der Waals surface area contributed by atoms with Crippen molar-refractivity contribution in [3.05, 3.63) is 12.2 Å². The number of allylic oxidation sites excluding steroid dienone is 2. The number of unbranched alkanes of at least 4 members (excludes halogenated alkanes) is 45. The monoisotopic (exact) mass is 1040 g/mol. The Bertz CT molecular complexity index is 1160. The van der Waals surface area contributed by atoms with Crippen LogP contribution in [0.5, 0.6) is 0 Å². The van der Waals surface area contributed by atoms with E-state index in [4.69, 9.17) is 18.5 Å². The summed E-state index contributed by atoms with van der Waals surface area (Å²) >= 11 is 0. The average molecular weight is 1040 g/mol. The number of likely N-dealkylation sites (N-methyl/N-ethyl adjacent to an activating group) is 1. The summed E-state index contributed by atoms with van der Waals surface area (Å²) < 4.78 is 35.0. The van der Waals surface area contributed by atoms with Crippen LogP contribution in [0.15, 0.2) is 12.2 Å². The number of quaternary nitrogens is 1. The van der Waals surface area contributed by atoms with Crippen LogP contribution in [0.3, 0.4) is 0 Å². The topological polar surface area (TPSA) is 94.1 Å². The smallest absolute Gasteiger partial charge is 0.306 e. The van der Waals surface area contributed by atoms with E-state index in [-0.39, 0.29) is 25.8 Å². The minimum atomic E-state index is -4.53.